The molecule has 19 heavy (non-hydrogen) atoms. The Balaban J connectivity index is 2.05. The Hall–Kier alpha value is -1.51. The molecule has 1 aromatic carbocycles. The van der Waals surface area contributed by atoms with Crippen molar-refractivity contribution in [2.45, 2.75) is 39.5 Å². The summed E-state index contributed by atoms with van der Waals surface area (Å²) in [7, 11) is 0. The molecule has 1 aromatic rings. The molecule has 102 valence electrons. The first-order chi connectivity index (χ1) is 8.89. The van der Waals surface area contributed by atoms with Gasteiger partial charge in [0.05, 0.1) is 5.56 Å². The Kier molecular flexibility index (Phi) is 3.83. The normalized spacial score (nSPS) is 22.3. The fourth-order valence-corrected chi connectivity index (χ4v) is 2.67. The molecule has 0 bridgehead atoms. The highest BCUT2D eigenvalue weighted by Gasteiger charge is 2.34. The second-order valence-electron chi connectivity index (χ2n) is 6.15. The number of rotatable bonds is 3. The molecule has 3 heteroatoms. The molecule has 2 rings (SSSR count). The van der Waals surface area contributed by atoms with Gasteiger partial charge < -0.3 is 0 Å². The summed E-state index contributed by atoms with van der Waals surface area (Å²) in [6.07, 6.45) is 2.32. The lowest BCUT2D eigenvalue weighted by atomic mass is 9.71. The van der Waals surface area contributed by atoms with Crippen LogP contribution < -0.4 is 0 Å². The molecule has 0 radical (unpaired) electrons. The van der Waals surface area contributed by atoms with Crippen LogP contribution in [0.15, 0.2) is 24.3 Å². The molecule has 0 aromatic heterocycles. The maximum absolute atomic E-state index is 13.5. The van der Waals surface area contributed by atoms with Gasteiger partial charge in [0.25, 0.3) is 0 Å². The van der Waals surface area contributed by atoms with Crippen molar-refractivity contribution >= 4 is 11.6 Å². The summed E-state index contributed by atoms with van der Waals surface area (Å²) in [6.45, 7) is 4.14. The van der Waals surface area contributed by atoms with Gasteiger partial charge in [-0.05, 0) is 30.4 Å². The zero-order chi connectivity index (χ0) is 14.0. The fraction of sp³-hybridized carbons (Fsp3) is 0.500. The van der Waals surface area contributed by atoms with Crippen molar-refractivity contribution in [3.63, 3.8) is 0 Å². The van der Waals surface area contributed by atoms with Crippen LogP contribution in [0.25, 0.3) is 0 Å². The Morgan fingerprint density at radius 1 is 1.37 bits per heavy atom. The summed E-state index contributed by atoms with van der Waals surface area (Å²) in [4.78, 5) is 24.1. The summed E-state index contributed by atoms with van der Waals surface area (Å²) in [5, 5.41) is 0. The Morgan fingerprint density at radius 2 is 2.05 bits per heavy atom. The van der Waals surface area contributed by atoms with Crippen LogP contribution in [-0.2, 0) is 4.79 Å². The SMILES string of the molecule is CC1(C)CCC(CC(=O)c2ccccc2F)C(=O)C1. The monoisotopic (exact) mass is 262 g/mol. The molecule has 0 amide bonds. The maximum atomic E-state index is 13.5. The second-order valence-corrected chi connectivity index (χ2v) is 6.15. The van der Waals surface area contributed by atoms with Crippen molar-refractivity contribution in [1.82, 2.24) is 0 Å². The predicted molar refractivity (Wildman–Crippen MR) is 71.5 cm³/mol. The Bertz CT molecular complexity index is 505. The van der Waals surface area contributed by atoms with Gasteiger partial charge in [-0.15, -0.1) is 0 Å². The van der Waals surface area contributed by atoms with Gasteiger partial charge in [-0.1, -0.05) is 26.0 Å². The van der Waals surface area contributed by atoms with Crippen molar-refractivity contribution in [2.24, 2.45) is 11.3 Å². The molecule has 1 fully saturated rings. The van der Waals surface area contributed by atoms with Crippen molar-refractivity contribution in [3.8, 4) is 0 Å². The van der Waals surface area contributed by atoms with E-state index in [4.69, 9.17) is 0 Å². The van der Waals surface area contributed by atoms with E-state index in [0.717, 1.165) is 12.8 Å². The minimum atomic E-state index is -0.504. The number of hydrogen-bond donors (Lipinski definition) is 0. The van der Waals surface area contributed by atoms with E-state index < -0.39 is 5.82 Å². The number of ketones is 2. The molecule has 1 saturated carbocycles. The van der Waals surface area contributed by atoms with Crippen molar-refractivity contribution < 1.29 is 14.0 Å². The molecule has 0 saturated heterocycles. The summed E-state index contributed by atoms with van der Waals surface area (Å²) in [6, 6.07) is 5.95. The van der Waals surface area contributed by atoms with E-state index in [9.17, 15) is 14.0 Å². The molecule has 0 heterocycles. The topological polar surface area (TPSA) is 34.1 Å². The zero-order valence-corrected chi connectivity index (χ0v) is 11.4. The molecule has 1 unspecified atom stereocenters. The molecule has 1 aliphatic carbocycles. The van der Waals surface area contributed by atoms with E-state index in [1.807, 2.05) is 0 Å². The van der Waals surface area contributed by atoms with Crippen LogP contribution in [0.2, 0.25) is 0 Å². The number of carbonyl (C=O) groups excluding carboxylic acids is 2. The van der Waals surface area contributed by atoms with Gasteiger partial charge in [0.15, 0.2) is 5.78 Å². The first kappa shape index (κ1) is 13.9. The lowest BCUT2D eigenvalue weighted by molar-refractivity contribution is -0.127. The van der Waals surface area contributed by atoms with E-state index in [-0.39, 0.29) is 34.9 Å². The van der Waals surface area contributed by atoms with Crippen LogP contribution in [-0.4, -0.2) is 11.6 Å². The quantitative estimate of drug-likeness (QED) is 0.776. The number of carbonyl (C=O) groups is 2. The van der Waals surface area contributed by atoms with Crippen LogP contribution in [0.5, 0.6) is 0 Å². The molecule has 2 nitrogen and oxygen atoms in total. The highest BCUT2D eigenvalue weighted by molar-refractivity contribution is 5.99. The summed E-state index contributed by atoms with van der Waals surface area (Å²) >= 11 is 0. The molecule has 0 spiro atoms. The fourth-order valence-electron chi connectivity index (χ4n) is 2.67. The van der Waals surface area contributed by atoms with Crippen molar-refractivity contribution in [3.05, 3.63) is 35.6 Å². The molecule has 0 N–H and O–H groups in total. The largest absolute Gasteiger partial charge is 0.299 e. The van der Waals surface area contributed by atoms with Crippen LogP contribution in [0.4, 0.5) is 4.39 Å². The number of halogens is 1. The average molecular weight is 262 g/mol. The Labute approximate surface area is 113 Å². The minimum absolute atomic E-state index is 0.0363. The third-order valence-electron chi connectivity index (χ3n) is 3.88. The average Bonchev–Trinajstić information content (AvgIpc) is 2.32. The highest BCUT2D eigenvalue weighted by atomic mass is 19.1. The first-order valence-electron chi connectivity index (χ1n) is 6.69. The summed E-state index contributed by atoms with van der Waals surface area (Å²) < 4.78 is 13.5. The van der Waals surface area contributed by atoms with Gasteiger partial charge in [-0.3, -0.25) is 9.59 Å². The van der Waals surface area contributed by atoms with Crippen LogP contribution in [0.3, 0.4) is 0 Å². The third kappa shape index (κ3) is 3.28. The number of Topliss-reactive ketones (excluding diaryl/α,β-unsaturated/α-hetero) is 2. The number of hydrogen-bond acceptors (Lipinski definition) is 2. The van der Waals surface area contributed by atoms with Crippen molar-refractivity contribution in [2.75, 3.05) is 0 Å². The highest BCUT2D eigenvalue weighted by Crippen LogP contribution is 2.37. The second kappa shape index (κ2) is 5.24. The van der Waals surface area contributed by atoms with Gasteiger partial charge in [0.1, 0.15) is 11.6 Å². The van der Waals surface area contributed by atoms with E-state index >= 15 is 0 Å². The lowest BCUT2D eigenvalue weighted by Gasteiger charge is -2.32. The standard InChI is InChI=1S/C16H19FO2/c1-16(2)8-7-11(15(19)10-16)9-14(18)12-5-3-4-6-13(12)17/h3-6,11H,7-10H2,1-2H3. The van der Waals surface area contributed by atoms with E-state index in [2.05, 4.69) is 13.8 Å². The van der Waals surface area contributed by atoms with Crippen molar-refractivity contribution in [1.29, 1.82) is 0 Å². The zero-order valence-electron chi connectivity index (χ0n) is 11.4. The van der Waals surface area contributed by atoms with Gasteiger partial charge in [0.2, 0.25) is 0 Å². The van der Waals surface area contributed by atoms with Gasteiger partial charge in [-0.25, -0.2) is 4.39 Å². The summed E-state index contributed by atoms with van der Waals surface area (Å²) in [5.74, 6) is -0.867. The maximum Gasteiger partial charge on any atom is 0.166 e. The number of benzene rings is 1. The molecular formula is C16H19FO2. The summed E-state index contributed by atoms with van der Waals surface area (Å²) in [5.41, 5.74) is 0.134. The lowest BCUT2D eigenvalue weighted by Crippen LogP contribution is -2.31. The van der Waals surface area contributed by atoms with Gasteiger partial charge >= 0.3 is 0 Å². The smallest absolute Gasteiger partial charge is 0.166 e. The Morgan fingerprint density at radius 3 is 2.68 bits per heavy atom. The molecule has 0 aliphatic heterocycles. The minimum Gasteiger partial charge on any atom is -0.299 e. The van der Waals surface area contributed by atoms with E-state index in [1.54, 1.807) is 12.1 Å². The first-order valence-corrected chi connectivity index (χ1v) is 6.69. The van der Waals surface area contributed by atoms with Crippen LogP contribution >= 0.6 is 0 Å². The van der Waals surface area contributed by atoms with E-state index in [1.165, 1.54) is 12.1 Å². The van der Waals surface area contributed by atoms with Crippen LogP contribution in [0.1, 0.15) is 49.9 Å². The third-order valence-corrected chi connectivity index (χ3v) is 3.88. The van der Waals surface area contributed by atoms with Crippen LogP contribution in [0, 0.1) is 17.2 Å². The van der Waals surface area contributed by atoms with E-state index in [0.29, 0.717) is 6.42 Å². The van der Waals surface area contributed by atoms with Gasteiger partial charge in [0, 0.05) is 18.8 Å². The molecule has 1 atom stereocenters. The molecule has 1 aliphatic rings. The van der Waals surface area contributed by atoms with Gasteiger partial charge in [-0.2, -0.15) is 0 Å². The molecular weight excluding hydrogens is 243 g/mol. The predicted octanol–water partition coefficient (Wildman–Crippen LogP) is 3.79.